The maximum Gasteiger partial charge on any atom is 0.268 e. The van der Waals surface area contributed by atoms with Crippen LogP contribution in [0.5, 0.6) is 5.75 Å². The Hall–Kier alpha value is -3.67. The number of nitrogens with zero attached hydrogens (tertiary/aromatic N) is 1. The number of carbonyl (C=O) groups excluding carboxylic acids is 2. The third-order valence-corrected chi connectivity index (χ3v) is 4.99. The minimum Gasteiger partial charge on any atom is -0.479 e. The van der Waals surface area contributed by atoms with Gasteiger partial charge in [0.05, 0.1) is 12.2 Å². The number of ether oxygens (including phenoxy) is 1. The molecule has 1 N–H and O–H groups in total. The monoisotopic (exact) mass is 404 g/mol. The molecule has 0 radical (unpaired) electrons. The molecule has 3 aromatic carbocycles. The number of fused-ring (bicyclic) bond motifs is 1. The second kappa shape index (κ2) is 7.99. The molecule has 0 bridgehead atoms. The number of amides is 2. The van der Waals surface area contributed by atoms with E-state index in [1.165, 1.54) is 12.1 Å². The second-order valence-electron chi connectivity index (χ2n) is 7.31. The van der Waals surface area contributed by atoms with Crippen molar-refractivity contribution in [1.29, 1.82) is 0 Å². The van der Waals surface area contributed by atoms with Crippen molar-refractivity contribution in [3.8, 4) is 5.75 Å². The quantitative estimate of drug-likeness (QED) is 0.686. The molecule has 2 amide bonds. The van der Waals surface area contributed by atoms with Crippen LogP contribution in [0.25, 0.3) is 0 Å². The largest absolute Gasteiger partial charge is 0.479 e. The molecule has 0 aliphatic carbocycles. The zero-order chi connectivity index (χ0) is 21.3. The molecule has 6 heteroatoms. The van der Waals surface area contributed by atoms with Gasteiger partial charge in [-0.1, -0.05) is 29.8 Å². The first-order chi connectivity index (χ1) is 14.4. The summed E-state index contributed by atoms with van der Waals surface area (Å²) < 4.78 is 19.0. The Morgan fingerprint density at radius 3 is 2.47 bits per heavy atom. The third kappa shape index (κ3) is 4.03. The summed E-state index contributed by atoms with van der Waals surface area (Å²) in [5, 5.41) is 2.86. The van der Waals surface area contributed by atoms with Crippen molar-refractivity contribution in [3.63, 3.8) is 0 Å². The summed E-state index contributed by atoms with van der Waals surface area (Å²) in [6.07, 6.45) is -0.633. The Morgan fingerprint density at radius 1 is 1.07 bits per heavy atom. The predicted octanol–water partition coefficient (Wildman–Crippen LogP) is 4.70. The highest BCUT2D eigenvalue weighted by Gasteiger charge is 2.31. The maximum absolute atomic E-state index is 13.2. The lowest BCUT2D eigenvalue weighted by molar-refractivity contribution is -0.125. The molecule has 0 aromatic heterocycles. The summed E-state index contributed by atoms with van der Waals surface area (Å²) in [6, 6.07) is 18.5. The average molecular weight is 404 g/mol. The Kier molecular flexibility index (Phi) is 5.23. The summed E-state index contributed by atoms with van der Waals surface area (Å²) in [4.78, 5) is 26.9. The zero-order valence-corrected chi connectivity index (χ0v) is 16.7. The van der Waals surface area contributed by atoms with E-state index in [0.717, 1.165) is 11.1 Å². The minimum atomic E-state index is -0.633. The van der Waals surface area contributed by atoms with Gasteiger partial charge in [-0.3, -0.25) is 9.59 Å². The summed E-state index contributed by atoms with van der Waals surface area (Å²) in [6.45, 7) is 3.92. The van der Waals surface area contributed by atoms with E-state index >= 15 is 0 Å². The van der Waals surface area contributed by atoms with E-state index in [0.29, 0.717) is 22.7 Å². The van der Waals surface area contributed by atoms with Gasteiger partial charge in [-0.25, -0.2) is 4.39 Å². The fraction of sp³-hybridized carbons (Fsp3) is 0.167. The molecule has 1 aliphatic rings. The molecule has 1 heterocycles. The van der Waals surface area contributed by atoms with E-state index in [1.807, 2.05) is 19.1 Å². The molecular formula is C24H21FN2O3. The fourth-order valence-corrected chi connectivity index (χ4v) is 3.33. The molecule has 152 valence electrons. The van der Waals surface area contributed by atoms with E-state index in [1.54, 1.807) is 54.3 Å². The highest BCUT2D eigenvalue weighted by Crippen LogP contribution is 2.37. The number of rotatable bonds is 4. The van der Waals surface area contributed by atoms with Gasteiger partial charge in [0, 0.05) is 11.3 Å². The summed E-state index contributed by atoms with van der Waals surface area (Å²) in [7, 11) is 0. The molecule has 5 nitrogen and oxygen atoms in total. The van der Waals surface area contributed by atoms with E-state index in [4.69, 9.17) is 4.74 Å². The topological polar surface area (TPSA) is 58.6 Å². The highest BCUT2D eigenvalue weighted by atomic mass is 19.1. The van der Waals surface area contributed by atoms with Crippen molar-refractivity contribution < 1.29 is 18.7 Å². The van der Waals surface area contributed by atoms with Crippen LogP contribution < -0.4 is 15.0 Å². The number of carbonyl (C=O) groups is 2. The molecule has 1 aliphatic heterocycles. The van der Waals surface area contributed by atoms with E-state index in [9.17, 15) is 14.0 Å². The minimum absolute atomic E-state index is 0.200. The molecule has 0 fully saturated rings. The molecule has 30 heavy (non-hydrogen) atoms. The fourth-order valence-electron chi connectivity index (χ4n) is 3.33. The zero-order valence-electron chi connectivity index (χ0n) is 16.7. The van der Waals surface area contributed by atoms with Crippen molar-refractivity contribution >= 4 is 23.2 Å². The lowest BCUT2D eigenvalue weighted by Crippen LogP contribution is -2.44. The first-order valence-electron chi connectivity index (χ1n) is 9.65. The lowest BCUT2D eigenvalue weighted by atomic mass is 10.1. The van der Waals surface area contributed by atoms with Crippen LogP contribution in [-0.2, 0) is 11.3 Å². The summed E-state index contributed by atoms with van der Waals surface area (Å²) in [5.74, 6) is -0.218. The van der Waals surface area contributed by atoms with E-state index in [-0.39, 0.29) is 24.2 Å². The third-order valence-electron chi connectivity index (χ3n) is 4.99. The smallest absolute Gasteiger partial charge is 0.268 e. The van der Waals surface area contributed by atoms with E-state index < -0.39 is 6.10 Å². The van der Waals surface area contributed by atoms with Gasteiger partial charge in [0.15, 0.2) is 6.10 Å². The number of hydrogen-bond donors (Lipinski definition) is 1. The van der Waals surface area contributed by atoms with Gasteiger partial charge in [0.1, 0.15) is 11.6 Å². The van der Waals surface area contributed by atoms with Gasteiger partial charge in [-0.15, -0.1) is 0 Å². The van der Waals surface area contributed by atoms with Crippen molar-refractivity contribution in [2.24, 2.45) is 0 Å². The van der Waals surface area contributed by atoms with Crippen LogP contribution in [-0.4, -0.2) is 17.9 Å². The van der Waals surface area contributed by atoms with Gasteiger partial charge >= 0.3 is 0 Å². The van der Waals surface area contributed by atoms with Crippen LogP contribution in [0.3, 0.4) is 0 Å². The number of nitrogens with one attached hydrogen (secondary N) is 1. The predicted molar refractivity (Wildman–Crippen MR) is 113 cm³/mol. The Morgan fingerprint density at radius 2 is 1.77 bits per heavy atom. The van der Waals surface area contributed by atoms with Crippen molar-refractivity contribution in [2.45, 2.75) is 26.5 Å². The highest BCUT2D eigenvalue weighted by molar-refractivity contribution is 6.05. The van der Waals surface area contributed by atoms with E-state index in [2.05, 4.69) is 5.32 Å². The lowest BCUT2D eigenvalue weighted by Gasteiger charge is -2.33. The van der Waals surface area contributed by atoms with Crippen LogP contribution in [0, 0.1) is 12.7 Å². The first kappa shape index (κ1) is 19.6. The molecule has 4 rings (SSSR count). The van der Waals surface area contributed by atoms with Crippen LogP contribution in [0.1, 0.15) is 28.4 Å². The molecule has 3 aromatic rings. The van der Waals surface area contributed by atoms with Gasteiger partial charge in [0.2, 0.25) is 0 Å². The maximum atomic E-state index is 13.2. The molecule has 0 spiro atoms. The van der Waals surface area contributed by atoms with Crippen LogP contribution in [0.4, 0.5) is 15.8 Å². The van der Waals surface area contributed by atoms with Crippen LogP contribution in [0.15, 0.2) is 66.7 Å². The molecular weight excluding hydrogens is 383 g/mol. The molecule has 0 saturated carbocycles. The standard InChI is InChI=1S/C24H21FN2O3/c1-15-3-7-18(8-4-15)23(28)26-20-11-12-22-21(13-20)27(24(29)16(2)30-22)14-17-5-9-19(25)10-6-17/h3-13,16H,14H2,1-2H3,(H,26,28). The van der Waals surface area contributed by atoms with Gasteiger partial charge < -0.3 is 15.0 Å². The van der Waals surface area contributed by atoms with Crippen molar-refractivity contribution in [1.82, 2.24) is 0 Å². The summed E-state index contributed by atoms with van der Waals surface area (Å²) in [5.41, 5.74) is 3.52. The number of aryl methyl sites for hydroxylation is 1. The number of halogens is 1. The van der Waals surface area contributed by atoms with Crippen molar-refractivity contribution in [3.05, 3.63) is 89.2 Å². The van der Waals surface area contributed by atoms with Gasteiger partial charge in [-0.05, 0) is 61.9 Å². The first-order valence-corrected chi connectivity index (χ1v) is 9.65. The average Bonchev–Trinajstić information content (AvgIpc) is 2.73. The van der Waals surface area contributed by atoms with Crippen LogP contribution >= 0.6 is 0 Å². The van der Waals surface area contributed by atoms with Crippen LogP contribution in [0.2, 0.25) is 0 Å². The second-order valence-corrected chi connectivity index (χ2v) is 7.31. The molecule has 0 saturated heterocycles. The SMILES string of the molecule is Cc1ccc(C(=O)Nc2ccc3c(c2)N(Cc2ccc(F)cc2)C(=O)C(C)O3)cc1. The number of anilines is 2. The van der Waals surface area contributed by atoms with Crippen molar-refractivity contribution in [2.75, 3.05) is 10.2 Å². The number of hydrogen-bond acceptors (Lipinski definition) is 3. The Labute approximate surface area is 174 Å². The van der Waals surface area contributed by atoms with Gasteiger partial charge in [0.25, 0.3) is 11.8 Å². The summed E-state index contributed by atoms with van der Waals surface area (Å²) >= 11 is 0. The Bertz CT molecular complexity index is 1090. The normalized spacial score (nSPS) is 15.4. The Balaban J connectivity index is 1.62. The van der Waals surface area contributed by atoms with Gasteiger partial charge in [-0.2, -0.15) is 0 Å². The molecule has 1 unspecified atom stereocenters. The number of benzene rings is 3. The molecule has 1 atom stereocenters.